The molecule has 1 aliphatic heterocycles. The predicted molar refractivity (Wildman–Crippen MR) is 73.7 cm³/mol. The van der Waals surface area contributed by atoms with Crippen LogP contribution in [0.2, 0.25) is 0 Å². The lowest BCUT2D eigenvalue weighted by Gasteiger charge is -2.32. The quantitative estimate of drug-likeness (QED) is 0.829. The Bertz CT molecular complexity index is 567. The maximum atomic E-state index is 6.04. The summed E-state index contributed by atoms with van der Waals surface area (Å²) in [6, 6.07) is 8.26. The largest absolute Gasteiger partial charge is 0.354 e. The van der Waals surface area contributed by atoms with Crippen LogP contribution in [0.25, 0.3) is 11.0 Å². The molecule has 1 atom stereocenters. The van der Waals surface area contributed by atoms with Gasteiger partial charge >= 0.3 is 0 Å². The summed E-state index contributed by atoms with van der Waals surface area (Å²) in [5.74, 6) is 0.990. The molecule has 94 valence electrons. The smallest absolute Gasteiger partial charge is 0.150 e. The van der Waals surface area contributed by atoms with Gasteiger partial charge in [-0.15, -0.1) is 0 Å². The molecule has 0 amide bonds. The Kier molecular flexibility index (Phi) is 2.88. The van der Waals surface area contributed by atoms with Gasteiger partial charge in [0.25, 0.3) is 0 Å². The van der Waals surface area contributed by atoms with E-state index >= 15 is 0 Å². The molecule has 0 unspecified atom stereocenters. The van der Waals surface area contributed by atoms with Crippen molar-refractivity contribution in [3.63, 3.8) is 0 Å². The molecule has 0 saturated carbocycles. The van der Waals surface area contributed by atoms with Crippen LogP contribution in [0.1, 0.15) is 18.5 Å². The Morgan fingerprint density at radius 3 is 2.67 bits per heavy atom. The molecule has 4 heteroatoms. The summed E-state index contributed by atoms with van der Waals surface area (Å²) < 4.78 is 0. The molecule has 18 heavy (non-hydrogen) atoms. The van der Waals surface area contributed by atoms with Crippen LogP contribution in [0.15, 0.2) is 24.3 Å². The Hall–Kier alpha value is -1.68. The Labute approximate surface area is 107 Å². The van der Waals surface area contributed by atoms with Crippen LogP contribution in [0, 0.1) is 6.92 Å². The van der Waals surface area contributed by atoms with Crippen LogP contribution in [-0.4, -0.2) is 29.1 Å². The lowest BCUT2D eigenvalue weighted by Crippen LogP contribution is -2.43. The fraction of sp³-hybridized carbons (Fsp3) is 0.429. The van der Waals surface area contributed by atoms with E-state index in [9.17, 15) is 0 Å². The molecule has 0 bridgehead atoms. The summed E-state index contributed by atoms with van der Waals surface area (Å²) in [4.78, 5) is 11.6. The highest BCUT2D eigenvalue weighted by Crippen LogP contribution is 2.22. The summed E-state index contributed by atoms with van der Waals surface area (Å²) in [6.07, 6.45) is 2.24. The van der Waals surface area contributed by atoms with Gasteiger partial charge in [0.15, 0.2) is 5.82 Å². The third-order valence-corrected chi connectivity index (χ3v) is 3.48. The van der Waals surface area contributed by atoms with Crippen LogP contribution in [0.3, 0.4) is 0 Å². The van der Waals surface area contributed by atoms with Crippen molar-refractivity contribution in [1.29, 1.82) is 0 Å². The van der Waals surface area contributed by atoms with Crippen LogP contribution < -0.4 is 10.6 Å². The van der Waals surface area contributed by atoms with Crippen LogP contribution >= 0.6 is 0 Å². The van der Waals surface area contributed by atoms with Gasteiger partial charge in [-0.3, -0.25) is 0 Å². The summed E-state index contributed by atoms with van der Waals surface area (Å²) in [5.41, 5.74) is 8.94. The standard InChI is InChI=1S/C14H18N4/c1-10-14(18-8-4-5-11(15)9-18)17-13-7-3-2-6-12(13)16-10/h2-3,6-7,11H,4-5,8-9,15H2,1H3/t11-/m1/s1. The van der Waals surface area contributed by atoms with Gasteiger partial charge in [0, 0.05) is 19.1 Å². The van der Waals surface area contributed by atoms with Crippen LogP contribution in [0.4, 0.5) is 5.82 Å². The fourth-order valence-electron chi connectivity index (χ4n) is 2.58. The molecule has 3 rings (SSSR count). The molecule has 0 spiro atoms. The first-order valence-electron chi connectivity index (χ1n) is 6.48. The van der Waals surface area contributed by atoms with E-state index in [-0.39, 0.29) is 6.04 Å². The minimum atomic E-state index is 0.256. The highest BCUT2D eigenvalue weighted by molar-refractivity contribution is 5.76. The van der Waals surface area contributed by atoms with Gasteiger partial charge in [-0.25, -0.2) is 9.97 Å². The number of benzene rings is 1. The number of rotatable bonds is 1. The Balaban J connectivity index is 2.02. The van der Waals surface area contributed by atoms with E-state index in [2.05, 4.69) is 9.88 Å². The van der Waals surface area contributed by atoms with E-state index in [0.29, 0.717) is 0 Å². The summed E-state index contributed by atoms with van der Waals surface area (Å²) in [5, 5.41) is 0. The van der Waals surface area contributed by atoms with Crippen molar-refractivity contribution in [1.82, 2.24) is 9.97 Å². The Morgan fingerprint density at radius 1 is 1.22 bits per heavy atom. The normalized spacial score (nSPS) is 20.3. The molecule has 2 N–H and O–H groups in total. The Morgan fingerprint density at radius 2 is 1.94 bits per heavy atom. The van der Waals surface area contributed by atoms with Gasteiger partial charge in [-0.2, -0.15) is 0 Å². The lowest BCUT2D eigenvalue weighted by atomic mass is 10.1. The minimum absolute atomic E-state index is 0.256. The average Bonchev–Trinajstić information content (AvgIpc) is 2.38. The minimum Gasteiger partial charge on any atom is -0.354 e. The van der Waals surface area contributed by atoms with Gasteiger partial charge in [0.05, 0.1) is 16.7 Å². The fourth-order valence-corrected chi connectivity index (χ4v) is 2.58. The van der Waals surface area contributed by atoms with Crippen LogP contribution in [0.5, 0.6) is 0 Å². The maximum Gasteiger partial charge on any atom is 0.150 e. The molecule has 4 nitrogen and oxygen atoms in total. The second-order valence-corrected chi connectivity index (χ2v) is 4.97. The van der Waals surface area contributed by atoms with E-state index < -0.39 is 0 Å². The first-order chi connectivity index (χ1) is 8.74. The second-order valence-electron chi connectivity index (χ2n) is 4.97. The third-order valence-electron chi connectivity index (χ3n) is 3.48. The SMILES string of the molecule is Cc1nc2ccccc2nc1N1CCC[C@@H](N)C1. The molecule has 1 aromatic carbocycles. The summed E-state index contributed by atoms with van der Waals surface area (Å²) in [6.45, 7) is 3.93. The van der Waals surface area contributed by atoms with Gasteiger partial charge in [0.1, 0.15) is 0 Å². The first kappa shape index (κ1) is 11.4. The second kappa shape index (κ2) is 4.53. The van der Waals surface area contributed by atoms with Crippen molar-refractivity contribution in [2.45, 2.75) is 25.8 Å². The summed E-state index contributed by atoms with van der Waals surface area (Å²) >= 11 is 0. The zero-order chi connectivity index (χ0) is 12.5. The zero-order valence-corrected chi connectivity index (χ0v) is 10.6. The molecular weight excluding hydrogens is 224 g/mol. The molecule has 2 aromatic rings. The number of anilines is 1. The maximum absolute atomic E-state index is 6.04. The number of nitrogens with two attached hydrogens (primary N) is 1. The molecule has 2 heterocycles. The van der Waals surface area contributed by atoms with E-state index in [1.54, 1.807) is 0 Å². The van der Waals surface area contributed by atoms with Gasteiger partial charge in [-0.05, 0) is 31.9 Å². The number of hydrogen-bond acceptors (Lipinski definition) is 4. The highest BCUT2D eigenvalue weighted by Gasteiger charge is 2.20. The monoisotopic (exact) mass is 242 g/mol. The molecule has 1 fully saturated rings. The molecule has 1 aliphatic rings. The van der Waals surface area contributed by atoms with Crippen LogP contribution in [-0.2, 0) is 0 Å². The number of hydrogen-bond donors (Lipinski definition) is 1. The van der Waals surface area contributed by atoms with Crippen molar-refractivity contribution >= 4 is 16.9 Å². The molecule has 0 radical (unpaired) electrons. The van der Waals surface area contributed by atoms with E-state index in [1.807, 2.05) is 31.2 Å². The number of para-hydroxylation sites is 2. The third kappa shape index (κ3) is 2.04. The van der Waals surface area contributed by atoms with Crippen molar-refractivity contribution in [3.05, 3.63) is 30.0 Å². The first-order valence-corrected chi connectivity index (χ1v) is 6.48. The number of aromatic nitrogens is 2. The number of aryl methyl sites for hydroxylation is 1. The van der Waals surface area contributed by atoms with Crippen molar-refractivity contribution in [3.8, 4) is 0 Å². The van der Waals surface area contributed by atoms with Crippen molar-refractivity contribution in [2.24, 2.45) is 5.73 Å². The molecule has 0 aliphatic carbocycles. The van der Waals surface area contributed by atoms with E-state index in [4.69, 9.17) is 10.7 Å². The summed E-state index contributed by atoms with van der Waals surface area (Å²) in [7, 11) is 0. The topological polar surface area (TPSA) is 55.0 Å². The van der Waals surface area contributed by atoms with E-state index in [0.717, 1.165) is 48.5 Å². The van der Waals surface area contributed by atoms with Crippen molar-refractivity contribution in [2.75, 3.05) is 18.0 Å². The molecular formula is C14H18N4. The van der Waals surface area contributed by atoms with Crippen molar-refractivity contribution < 1.29 is 0 Å². The average molecular weight is 242 g/mol. The van der Waals surface area contributed by atoms with E-state index in [1.165, 1.54) is 0 Å². The highest BCUT2D eigenvalue weighted by atomic mass is 15.2. The lowest BCUT2D eigenvalue weighted by molar-refractivity contribution is 0.502. The van der Waals surface area contributed by atoms with Gasteiger partial charge in [0.2, 0.25) is 0 Å². The number of fused-ring (bicyclic) bond motifs is 1. The predicted octanol–water partition coefficient (Wildman–Crippen LogP) is 1.87. The number of piperidine rings is 1. The van der Waals surface area contributed by atoms with Gasteiger partial charge in [-0.1, -0.05) is 12.1 Å². The molecule has 1 aromatic heterocycles. The number of nitrogens with zero attached hydrogens (tertiary/aromatic N) is 3. The van der Waals surface area contributed by atoms with Gasteiger partial charge < -0.3 is 10.6 Å². The molecule has 1 saturated heterocycles. The zero-order valence-electron chi connectivity index (χ0n) is 10.6.